The number of carbonyl (C=O) groups excluding carboxylic acids is 1. The molecule has 2 aromatic heterocycles. The summed E-state index contributed by atoms with van der Waals surface area (Å²) in [6, 6.07) is 10.1. The summed E-state index contributed by atoms with van der Waals surface area (Å²) < 4.78 is 7.16. The van der Waals surface area contributed by atoms with Crippen LogP contribution in [-0.4, -0.2) is 20.8 Å². The van der Waals surface area contributed by atoms with Crippen molar-refractivity contribution in [1.82, 2.24) is 14.9 Å². The van der Waals surface area contributed by atoms with Gasteiger partial charge in [-0.3, -0.25) is 9.48 Å². The number of carbonyl (C=O) groups is 1. The van der Waals surface area contributed by atoms with Crippen LogP contribution >= 0.6 is 0 Å². The van der Waals surface area contributed by atoms with Crippen LogP contribution in [0.5, 0.6) is 0 Å². The second kappa shape index (κ2) is 6.78. The molecule has 4 rings (SSSR count). The average molecular weight is 350 g/mol. The monoisotopic (exact) mass is 350 g/mol. The van der Waals surface area contributed by atoms with Gasteiger partial charge >= 0.3 is 0 Å². The number of anilines is 1. The van der Waals surface area contributed by atoms with Crippen molar-refractivity contribution in [3.63, 3.8) is 0 Å². The SMILES string of the molecule is Cc1ccc(Cn2ccc(NC(=O)c3noc4c3CC(C)CC4)n2)cc1. The number of amides is 1. The number of rotatable bonds is 4. The molecule has 1 aromatic carbocycles. The largest absolute Gasteiger partial charge is 0.360 e. The average Bonchev–Trinajstić information content (AvgIpc) is 3.23. The van der Waals surface area contributed by atoms with Crippen LogP contribution in [0.4, 0.5) is 5.82 Å². The van der Waals surface area contributed by atoms with E-state index in [1.165, 1.54) is 5.56 Å². The molecule has 26 heavy (non-hydrogen) atoms. The molecule has 1 aliphatic carbocycles. The summed E-state index contributed by atoms with van der Waals surface area (Å²) in [6.07, 6.45) is 4.62. The number of aryl methyl sites for hydroxylation is 2. The van der Waals surface area contributed by atoms with Crippen LogP contribution in [0.1, 0.15) is 46.3 Å². The van der Waals surface area contributed by atoms with Crippen LogP contribution in [0.25, 0.3) is 0 Å². The van der Waals surface area contributed by atoms with Crippen molar-refractivity contribution in [2.24, 2.45) is 5.92 Å². The quantitative estimate of drug-likeness (QED) is 0.780. The smallest absolute Gasteiger partial charge is 0.279 e. The molecule has 0 fully saturated rings. The Morgan fingerprint density at radius 3 is 2.92 bits per heavy atom. The van der Waals surface area contributed by atoms with E-state index in [0.29, 0.717) is 24.0 Å². The molecule has 1 N–H and O–H groups in total. The van der Waals surface area contributed by atoms with E-state index in [4.69, 9.17) is 4.52 Å². The number of aromatic nitrogens is 3. The molecule has 2 heterocycles. The predicted molar refractivity (Wildman–Crippen MR) is 98.2 cm³/mol. The maximum atomic E-state index is 12.6. The Morgan fingerprint density at radius 1 is 1.31 bits per heavy atom. The van der Waals surface area contributed by atoms with Crippen molar-refractivity contribution < 1.29 is 9.32 Å². The van der Waals surface area contributed by atoms with E-state index < -0.39 is 0 Å². The van der Waals surface area contributed by atoms with Gasteiger partial charge in [-0.2, -0.15) is 5.10 Å². The van der Waals surface area contributed by atoms with E-state index in [-0.39, 0.29) is 5.91 Å². The third-order valence-electron chi connectivity index (χ3n) is 4.85. The topological polar surface area (TPSA) is 73.0 Å². The standard InChI is InChI=1S/C20H22N4O2/c1-13-3-6-15(7-4-13)12-24-10-9-18(22-24)21-20(25)19-16-11-14(2)5-8-17(16)26-23-19/h3-4,6-7,9-10,14H,5,8,11-12H2,1-2H3,(H,21,22,25). The molecule has 0 aliphatic heterocycles. The molecule has 1 aliphatic rings. The minimum absolute atomic E-state index is 0.260. The van der Waals surface area contributed by atoms with E-state index in [9.17, 15) is 4.79 Å². The zero-order valence-corrected chi connectivity index (χ0v) is 15.0. The number of benzene rings is 1. The summed E-state index contributed by atoms with van der Waals surface area (Å²) in [5.41, 5.74) is 3.73. The lowest BCUT2D eigenvalue weighted by molar-refractivity contribution is 0.101. The van der Waals surface area contributed by atoms with Gasteiger partial charge in [0, 0.05) is 24.2 Å². The van der Waals surface area contributed by atoms with Crippen molar-refractivity contribution in [2.45, 2.75) is 39.7 Å². The molecule has 0 bridgehead atoms. The van der Waals surface area contributed by atoms with Crippen molar-refractivity contribution >= 4 is 11.7 Å². The second-order valence-corrected chi connectivity index (χ2v) is 7.12. The molecule has 0 radical (unpaired) electrons. The predicted octanol–water partition coefficient (Wildman–Crippen LogP) is 3.60. The van der Waals surface area contributed by atoms with Gasteiger partial charge in [0.25, 0.3) is 5.91 Å². The summed E-state index contributed by atoms with van der Waals surface area (Å²) >= 11 is 0. The highest BCUT2D eigenvalue weighted by Crippen LogP contribution is 2.28. The first-order valence-corrected chi connectivity index (χ1v) is 8.96. The highest BCUT2D eigenvalue weighted by molar-refractivity contribution is 6.03. The molecule has 1 amide bonds. The number of fused-ring (bicyclic) bond motifs is 1. The van der Waals surface area contributed by atoms with Crippen LogP contribution in [0.3, 0.4) is 0 Å². The number of nitrogens with one attached hydrogen (secondary N) is 1. The van der Waals surface area contributed by atoms with Gasteiger partial charge in [-0.1, -0.05) is 41.9 Å². The van der Waals surface area contributed by atoms with E-state index in [2.05, 4.69) is 53.7 Å². The van der Waals surface area contributed by atoms with Crippen molar-refractivity contribution in [2.75, 3.05) is 5.32 Å². The Labute approximate surface area is 152 Å². The lowest BCUT2D eigenvalue weighted by atomic mass is 9.88. The molecule has 6 nitrogen and oxygen atoms in total. The van der Waals surface area contributed by atoms with Gasteiger partial charge in [0.2, 0.25) is 0 Å². The number of nitrogens with zero attached hydrogens (tertiary/aromatic N) is 3. The molecule has 1 atom stereocenters. The number of hydrogen-bond donors (Lipinski definition) is 1. The molecule has 0 spiro atoms. The molecule has 134 valence electrons. The molecule has 6 heteroatoms. The molecular formula is C20H22N4O2. The van der Waals surface area contributed by atoms with Gasteiger partial charge in [-0.25, -0.2) is 0 Å². The zero-order chi connectivity index (χ0) is 18.1. The minimum Gasteiger partial charge on any atom is -0.360 e. The fraction of sp³-hybridized carbons (Fsp3) is 0.350. The van der Waals surface area contributed by atoms with Crippen molar-refractivity contribution in [3.05, 3.63) is 64.7 Å². The Kier molecular flexibility index (Phi) is 4.32. The van der Waals surface area contributed by atoms with E-state index in [1.807, 2.05) is 6.20 Å². The Morgan fingerprint density at radius 2 is 2.12 bits per heavy atom. The summed E-state index contributed by atoms with van der Waals surface area (Å²) in [4.78, 5) is 12.6. The summed E-state index contributed by atoms with van der Waals surface area (Å²) in [5, 5.41) is 11.3. The lowest BCUT2D eigenvalue weighted by Gasteiger charge is -2.16. The first kappa shape index (κ1) is 16.6. The molecular weight excluding hydrogens is 328 g/mol. The third kappa shape index (κ3) is 3.40. The van der Waals surface area contributed by atoms with Crippen LogP contribution in [0.2, 0.25) is 0 Å². The van der Waals surface area contributed by atoms with E-state index >= 15 is 0 Å². The van der Waals surface area contributed by atoms with Crippen LogP contribution in [0, 0.1) is 12.8 Å². The minimum atomic E-state index is -0.260. The van der Waals surface area contributed by atoms with Crippen LogP contribution in [-0.2, 0) is 19.4 Å². The number of hydrogen-bond acceptors (Lipinski definition) is 4. The second-order valence-electron chi connectivity index (χ2n) is 7.12. The highest BCUT2D eigenvalue weighted by atomic mass is 16.5. The zero-order valence-electron chi connectivity index (χ0n) is 15.0. The van der Waals surface area contributed by atoms with E-state index in [1.54, 1.807) is 10.7 Å². The Hall–Kier alpha value is -2.89. The maximum absolute atomic E-state index is 12.6. The normalized spacial score (nSPS) is 16.3. The van der Waals surface area contributed by atoms with Gasteiger partial charge in [-0.05, 0) is 31.2 Å². The van der Waals surface area contributed by atoms with Gasteiger partial charge in [-0.15, -0.1) is 0 Å². The first-order chi connectivity index (χ1) is 12.6. The molecule has 0 saturated heterocycles. The van der Waals surface area contributed by atoms with Gasteiger partial charge in [0.05, 0.1) is 6.54 Å². The highest BCUT2D eigenvalue weighted by Gasteiger charge is 2.27. The molecule has 3 aromatic rings. The van der Waals surface area contributed by atoms with Gasteiger partial charge in [0.15, 0.2) is 11.5 Å². The Bertz CT molecular complexity index is 924. The third-order valence-corrected chi connectivity index (χ3v) is 4.85. The van der Waals surface area contributed by atoms with Gasteiger partial charge < -0.3 is 9.84 Å². The summed E-state index contributed by atoms with van der Waals surface area (Å²) in [5.74, 6) is 1.65. The fourth-order valence-corrected chi connectivity index (χ4v) is 3.33. The summed E-state index contributed by atoms with van der Waals surface area (Å²) in [7, 11) is 0. The Balaban J connectivity index is 1.45. The fourth-order valence-electron chi connectivity index (χ4n) is 3.33. The van der Waals surface area contributed by atoms with E-state index in [0.717, 1.165) is 36.1 Å². The lowest BCUT2D eigenvalue weighted by Crippen LogP contribution is -2.18. The molecule has 1 unspecified atom stereocenters. The van der Waals surface area contributed by atoms with Crippen LogP contribution < -0.4 is 5.32 Å². The maximum Gasteiger partial charge on any atom is 0.279 e. The summed E-state index contributed by atoms with van der Waals surface area (Å²) in [6.45, 7) is 4.91. The van der Waals surface area contributed by atoms with Crippen molar-refractivity contribution in [1.29, 1.82) is 0 Å². The van der Waals surface area contributed by atoms with Crippen LogP contribution in [0.15, 0.2) is 41.1 Å². The van der Waals surface area contributed by atoms with Crippen molar-refractivity contribution in [3.8, 4) is 0 Å². The molecule has 0 saturated carbocycles. The first-order valence-electron chi connectivity index (χ1n) is 8.96. The van der Waals surface area contributed by atoms with Gasteiger partial charge in [0.1, 0.15) is 5.76 Å².